The molecule has 2 nitrogen and oxygen atoms in total. The summed E-state index contributed by atoms with van der Waals surface area (Å²) in [7, 11) is 1.98. The SMILES string of the molecule is C=CCN(CCC)CCNC. The predicted octanol–water partition coefficient (Wildman–Crippen LogP) is 1.10. The molecule has 0 aromatic rings. The van der Waals surface area contributed by atoms with Crippen LogP contribution in [0.2, 0.25) is 0 Å². The maximum absolute atomic E-state index is 3.73. The minimum absolute atomic E-state index is 1.01. The normalized spacial score (nSPS) is 10.5. The monoisotopic (exact) mass is 156 g/mol. The molecule has 0 aromatic carbocycles. The van der Waals surface area contributed by atoms with Gasteiger partial charge in [0.25, 0.3) is 0 Å². The Morgan fingerprint density at radius 3 is 2.64 bits per heavy atom. The summed E-state index contributed by atoms with van der Waals surface area (Å²) in [6, 6.07) is 0. The van der Waals surface area contributed by atoms with Gasteiger partial charge in [-0.3, -0.25) is 4.90 Å². The van der Waals surface area contributed by atoms with Crippen molar-refractivity contribution in [1.29, 1.82) is 0 Å². The highest BCUT2D eigenvalue weighted by Gasteiger charge is 1.98. The molecule has 11 heavy (non-hydrogen) atoms. The summed E-state index contributed by atoms with van der Waals surface area (Å²) >= 11 is 0. The Morgan fingerprint density at radius 1 is 1.45 bits per heavy atom. The third-order valence-corrected chi connectivity index (χ3v) is 1.61. The number of hydrogen-bond donors (Lipinski definition) is 1. The Balaban J connectivity index is 3.41. The van der Waals surface area contributed by atoms with Crippen LogP contribution in [0.3, 0.4) is 0 Å². The van der Waals surface area contributed by atoms with E-state index in [1.165, 1.54) is 13.0 Å². The van der Waals surface area contributed by atoms with Gasteiger partial charge in [0.15, 0.2) is 0 Å². The molecule has 0 bridgehead atoms. The van der Waals surface area contributed by atoms with E-state index in [1.807, 2.05) is 13.1 Å². The molecular formula is C9H20N2. The minimum atomic E-state index is 1.01. The van der Waals surface area contributed by atoms with Crippen LogP contribution in [0.1, 0.15) is 13.3 Å². The second-order valence-electron chi connectivity index (χ2n) is 2.69. The van der Waals surface area contributed by atoms with E-state index in [-0.39, 0.29) is 0 Å². The first-order chi connectivity index (χ1) is 5.35. The second-order valence-corrected chi connectivity index (χ2v) is 2.69. The van der Waals surface area contributed by atoms with Crippen LogP contribution >= 0.6 is 0 Å². The number of nitrogens with one attached hydrogen (secondary N) is 1. The molecule has 1 N–H and O–H groups in total. The van der Waals surface area contributed by atoms with Crippen molar-refractivity contribution < 1.29 is 0 Å². The molecule has 0 aliphatic rings. The van der Waals surface area contributed by atoms with Gasteiger partial charge in [0, 0.05) is 19.6 Å². The van der Waals surface area contributed by atoms with Gasteiger partial charge in [0.1, 0.15) is 0 Å². The largest absolute Gasteiger partial charge is 0.318 e. The van der Waals surface area contributed by atoms with Crippen LogP contribution in [0, 0.1) is 0 Å². The van der Waals surface area contributed by atoms with E-state index >= 15 is 0 Å². The Hall–Kier alpha value is -0.340. The van der Waals surface area contributed by atoms with E-state index in [0.29, 0.717) is 0 Å². The van der Waals surface area contributed by atoms with Gasteiger partial charge in [0.2, 0.25) is 0 Å². The highest BCUT2D eigenvalue weighted by Crippen LogP contribution is 1.89. The Morgan fingerprint density at radius 2 is 2.18 bits per heavy atom. The van der Waals surface area contributed by atoms with Crippen LogP contribution in [0.25, 0.3) is 0 Å². The highest BCUT2D eigenvalue weighted by molar-refractivity contribution is 4.73. The highest BCUT2D eigenvalue weighted by atomic mass is 15.1. The predicted molar refractivity (Wildman–Crippen MR) is 50.9 cm³/mol. The van der Waals surface area contributed by atoms with Crippen molar-refractivity contribution in [2.45, 2.75) is 13.3 Å². The van der Waals surface area contributed by atoms with Gasteiger partial charge in [0.05, 0.1) is 0 Å². The van der Waals surface area contributed by atoms with Gasteiger partial charge < -0.3 is 5.32 Å². The van der Waals surface area contributed by atoms with E-state index < -0.39 is 0 Å². The van der Waals surface area contributed by atoms with E-state index in [1.54, 1.807) is 0 Å². The summed E-state index contributed by atoms with van der Waals surface area (Å²) in [5.74, 6) is 0. The first kappa shape index (κ1) is 10.7. The van der Waals surface area contributed by atoms with E-state index in [2.05, 4.69) is 23.7 Å². The molecule has 0 aromatic heterocycles. The van der Waals surface area contributed by atoms with Crippen LogP contribution in [-0.4, -0.2) is 38.1 Å². The minimum Gasteiger partial charge on any atom is -0.318 e. The third kappa shape index (κ3) is 6.07. The van der Waals surface area contributed by atoms with Gasteiger partial charge in [-0.25, -0.2) is 0 Å². The molecule has 0 spiro atoms. The zero-order valence-corrected chi connectivity index (χ0v) is 7.77. The van der Waals surface area contributed by atoms with Crippen molar-refractivity contribution in [2.75, 3.05) is 33.2 Å². The van der Waals surface area contributed by atoms with Crippen LogP contribution in [-0.2, 0) is 0 Å². The zero-order chi connectivity index (χ0) is 8.53. The summed E-state index contributed by atoms with van der Waals surface area (Å²) in [6.45, 7) is 10.3. The van der Waals surface area contributed by atoms with Crippen molar-refractivity contribution in [2.24, 2.45) is 0 Å². The molecule has 0 amide bonds. The Labute approximate surface area is 70.3 Å². The van der Waals surface area contributed by atoms with Crippen molar-refractivity contribution in [3.8, 4) is 0 Å². The first-order valence-electron chi connectivity index (χ1n) is 4.33. The zero-order valence-electron chi connectivity index (χ0n) is 7.77. The van der Waals surface area contributed by atoms with Gasteiger partial charge in [-0.1, -0.05) is 13.0 Å². The average Bonchev–Trinajstić information content (AvgIpc) is 2.01. The molecule has 0 aliphatic carbocycles. The van der Waals surface area contributed by atoms with Crippen LogP contribution < -0.4 is 5.32 Å². The number of likely N-dealkylation sites (N-methyl/N-ethyl adjacent to an activating group) is 1. The lowest BCUT2D eigenvalue weighted by atomic mass is 10.4. The van der Waals surface area contributed by atoms with Gasteiger partial charge >= 0.3 is 0 Å². The van der Waals surface area contributed by atoms with Crippen molar-refractivity contribution in [3.05, 3.63) is 12.7 Å². The van der Waals surface area contributed by atoms with E-state index in [9.17, 15) is 0 Å². The number of hydrogen-bond acceptors (Lipinski definition) is 2. The lowest BCUT2D eigenvalue weighted by Gasteiger charge is -2.18. The standard InChI is InChI=1S/C9H20N2/c1-4-7-11(8-5-2)9-6-10-3/h4,10H,1,5-9H2,2-3H3. The molecule has 0 saturated carbocycles. The number of nitrogens with zero attached hydrogens (tertiary/aromatic N) is 1. The third-order valence-electron chi connectivity index (χ3n) is 1.61. The molecule has 0 atom stereocenters. The Kier molecular flexibility index (Phi) is 7.52. The average molecular weight is 156 g/mol. The first-order valence-corrected chi connectivity index (χ1v) is 4.33. The van der Waals surface area contributed by atoms with Crippen LogP contribution in [0.15, 0.2) is 12.7 Å². The molecule has 0 heterocycles. The molecule has 0 aliphatic heterocycles. The molecular weight excluding hydrogens is 136 g/mol. The lowest BCUT2D eigenvalue weighted by molar-refractivity contribution is 0.305. The van der Waals surface area contributed by atoms with E-state index in [4.69, 9.17) is 0 Å². The summed E-state index contributed by atoms with van der Waals surface area (Å²) in [6.07, 6.45) is 3.18. The van der Waals surface area contributed by atoms with Crippen molar-refractivity contribution in [1.82, 2.24) is 10.2 Å². The van der Waals surface area contributed by atoms with E-state index in [0.717, 1.165) is 19.6 Å². The quantitative estimate of drug-likeness (QED) is 0.555. The molecule has 0 unspecified atom stereocenters. The summed E-state index contributed by atoms with van der Waals surface area (Å²) in [4.78, 5) is 2.39. The molecule has 0 saturated heterocycles. The van der Waals surface area contributed by atoms with Gasteiger partial charge in [-0.15, -0.1) is 6.58 Å². The summed E-state index contributed by atoms with van der Waals surface area (Å²) < 4.78 is 0. The lowest BCUT2D eigenvalue weighted by Crippen LogP contribution is -2.31. The maximum Gasteiger partial charge on any atom is 0.0161 e. The number of rotatable bonds is 7. The van der Waals surface area contributed by atoms with Crippen molar-refractivity contribution >= 4 is 0 Å². The van der Waals surface area contributed by atoms with Crippen LogP contribution in [0.4, 0.5) is 0 Å². The topological polar surface area (TPSA) is 15.3 Å². The van der Waals surface area contributed by atoms with Crippen molar-refractivity contribution in [3.63, 3.8) is 0 Å². The molecule has 66 valence electrons. The maximum atomic E-state index is 3.73. The van der Waals surface area contributed by atoms with Gasteiger partial charge in [-0.2, -0.15) is 0 Å². The molecule has 0 rings (SSSR count). The smallest absolute Gasteiger partial charge is 0.0161 e. The summed E-state index contributed by atoms with van der Waals surface area (Å²) in [5, 5.41) is 3.14. The molecule has 0 radical (unpaired) electrons. The fourth-order valence-corrected chi connectivity index (χ4v) is 1.06. The molecule has 2 heteroatoms. The fourth-order valence-electron chi connectivity index (χ4n) is 1.06. The van der Waals surface area contributed by atoms with Crippen LogP contribution in [0.5, 0.6) is 0 Å². The van der Waals surface area contributed by atoms with Gasteiger partial charge in [-0.05, 0) is 20.0 Å². The summed E-state index contributed by atoms with van der Waals surface area (Å²) in [5.41, 5.74) is 0. The Bertz CT molecular complexity index is 91.6. The fraction of sp³-hybridized carbons (Fsp3) is 0.778. The molecule has 0 fully saturated rings. The second kappa shape index (κ2) is 7.76.